The van der Waals surface area contributed by atoms with E-state index in [2.05, 4.69) is 136 Å². The molecule has 0 amide bonds. The first-order chi connectivity index (χ1) is 16.8. The second kappa shape index (κ2) is 47.3. The van der Waals surface area contributed by atoms with Crippen molar-refractivity contribution in [1.82, 2.24) is 0 Å². The SMILES string of the molecule is CCC[C@H](C)[C@H](O)CC.CCC[C@H](O)[C@H](O)CC.CC[C@@H](O)[C@@H](C)CCO.CI.[I][V]([I])[I].[I][V][I]. The van der Waals surface area contributed by atoms with E-state index in [4.69, 9.17) is 20.4 Å². The maximum absolute atomic E-state index is 9.26. The molecule has 0 unspecified atom stereocenters. The van der Waals surface area contributed by atoms with Crippen molar-refractivity contribution in [2.75, 3.05) is 11.5 Å². The molecule has 5 nitrogen and oxygen atoms in total. The van der Waals surface area contributed by atoms with Crippen LogP contribution in [-0.2, 0) is 14.4 Å². The topological polar surface area (TPSA) is 101 Å². The minimum absolute atomic E-state index is 0.0788. The van der Waals surface area contributed by atoms with Crippen LogP contribution in [0.4, 0.5) is 0 Å². The van der Waals surface area contributed by atoms with Gasteiger partial charge in [-0.15, -0.1) is 0 Å². The Balaban J connectivity index is -0.0000000804. The molecule has 36 heavy (non-hydrogen) atoms. The number of halogens is 6. The number of hydrogen-bond acceptors (Lipinski definition) is 5. The number of aliphatic hydroxyl groups excluding tert-OH is 5. The molecule has 0 aromatic rings. The molecule has 5 N–H and O–H groups in total. The predicted octanol–water partition coefficient (Wildman–Crippen LogP) is 9.36. The van der Waals surface area contributed by atoms with Gasteiger partial charge in [-0.05, 0) is 55.3 Å². The first-order valence-corrected chi connectivity index (χ1v) is 36.9. The number of aliphatic hydroxyl groups is 5. The number of alkyl halides is 1. The van der Waals surface area contributed by atoms with Crippen LogP contribution in [-0.4, -0.2) is 61.5 Å². The summed E-state index contributed by atoms with van der Waals surface area (Å²) in [5, 5.41) is 44.9. The molecule has 6 atom stereocenters. The summed E-state index contributed by atoms with van der Waals surface area (Å²) >= 11 is 14.3. The maximum atomic E-state index is 9.26. The summed E-state index contributed by atoms with van der Waals surface area (Å²) < 4.78 is 0. The van der Waals surface area contributed by atoms with Gasteiger partial charge in [-0.25, -0.2) is 0 Å². The molecule has 0 aromatic heterocycles. The normalized spacial score (nSPS) is 14.6. The molecule has 0 rings (SSSR count). The van der Waals surface area contributed by atoms with Crippen molar-refractivity contribution < 1.29 is 39.9 Å². The predicted molar refractivity (Wildman–Crippen MR) is 205 cm³/mol. The van der Waals surface area contributed by atoms with Gasteiger partial charge in [0, 0.05) is 6.61 Å². The quantitative estimate of drug-likeness (QED) is 0.0992. The molecule has 0 aromatic carbocycles. The van der Waals surface area contributed by atoms with E-state index in [1.807, 2.05) is 39.5 Å². The van der Waals surface area contributed by atoms with E-state index < -0.39 is 12.2 Å². The van der Waals surface area contributed by atoms with E-state index in [0.29, 0.717) is 34.6 Å². The molecule has 0 radical (unpaired) electrons. The van der Waals surface area contributed by atoms with Crippen molar-refractivity contribution in [3.8, 4) is 0 Å². The summed E-state index contributed by atoms with van der Waals surface area (Å²) in [5.74, 6) is 0.722. The molecule has 0 heterocycles. The van der Waals surface area contributed by atoms with Gasteiger partial charge in [0.1, 0.15) is 0 Å². The van der Waals surface area contributed by atoms with Crippen molar-refractivity contribution in [1.29, 1.82) is 0 Å². The zero-order chi connectivity index (χ0) is 30.1. The van der Waals surface area contributed by atoms with Crippen LogP contribution in [0.1, 0.15) is 99.8 Å². The summed E-state index contributed by atoms with van der Waals surface area (Å²) in [6.07, 6.45) is 5.62. The molecule has 0 bridgehead atoms. The van der Waals surface area contributed by atoms with Crippen LogP contribution < -0.4 is 0 Å². The van der Waals surface area contributed by atoms with Crippen LogP contribution in [0, 0.1) is 11.8 Å². The Bertz CT molecular complexity index is 313. The van der Waals surface area contributed by atoms with Crippen molar-refractivity contribution in [3.05, 3.63) is 0 Å². The first kappa shape index (κ1) is 53.9. The standard InChI is InChI=1S/C8H18O.2C7H16O2.CH3I.5HI.2V/c1-4-6-7(3)8(9)5-2;1-3-7(9)6(2)4-5-8;1-3-5-7(9)6(8)4-2;1-2;;;;;;;/h7-9H,4-6H2,1-3H3;2*6-9H,3-5H2,1-2H3;1H3;5*1H;;/q;;;;;;;;;+2;+3/p-5/t7-,8+;2*6-,7+;;;;;;;;/m001......../s1. The van der Waals surface area contributed by atoms with E-state index in [9.17, 15) is 5.11 Å². The number of hydrogen-bond donors (Lipinski definition) is 5. The molecule has 0 saturated heterocycles. The average molecular weight is 1270 g/mol. The van der Waals surface area contributed by atoms with Gasteiger partial charge >= 0.3 is 114 Å². The molecule has 0 saturated carbocycles. The van der Waals surface area contributed by atoms with Gasteiger partial charge in [-0.2, -0.15) is 0 Å². The summed E-state index contributed by atoms with van der Waals surface area (Å²) in [5.41, 5.74) is 0. The van der Waals surface area contributed by atoms with Crippen molar-refractivity contribution in [3.63, 3.8) is 0 Å². The van der Waals surface area contributed by atoms with Gasteiger partial charge in [-0.3, -0.25) is 0 Å². The van der Waals surface area contributed by atoms with E-state index in [-0.39, 0.29) is 29.7 Å². The Morgan fingerprint density at radius 1 is 0.611 bits per heavy atom. The molecular weight excluding hydrogens is 1220 g/mol. The van der Waals surface area contributed by atoms with Gasteiger partial charge in [0.25, 0.3) is 0 Å². The Hall–Kier alpha value is 5.35. The van der Waals surface area contributed by atoms with Crippen LogP contribution in [0.15, 0.2) is 0 Å². The van der Waals surface area contributed by atoms with E-state index in [1.54, 1.807) is 0 Å². The molecular formula is C23H53I6O5V2. The Kier molecular flexibility index (Phi) is 70.8. The molecule has 13 heteroatoms. The molecule has 0 aliphatic carbocycles. The van der Waals surface area contributed by atoms with Crippen LogP contribution >= 0.6 is 122 Å². The summed E-state index contributed by atoms with van der Waals surface area (Å²) in [4.78, 5) is 1.69. The van der Waals surface area contributed by atoms with E-state index >= 15 is 0 Å². The third kappa shape index (κ3) is 55.3. The van der Waals surface area contributed by atoms with Crippen LogP contribution in [0.25, 0.3) is 0 Å². The summed E-state index contributed by atoms with van der Waals surface area (Å²) in [6, 6.07) is 0. The second-order valence-corrected chi connectivity index (χ2v) is 55.0. The Morgan fingerprint density at radius 2 is 0.889 bits per heavy atom. The summed E-state index contributed by atoms with van der Waals surface area (Å²) in [6.45, 7) is 14.2. The van der Waals surface area contributed by atoms with E-state index in [0.717, 1.165) is 25.7 Å². The monoisotopic (exact) mass is 1270 g/mol. The van der Waals surface area contributed by atoms with Gasteiger partial charge in [0.15, 0.2) is 0 Å². The average Bonchev–Trinajstić information content (AvgIpc) is 2.85. The second-order valence-electron chi connectivity index (χ2n) is 7.79. The molecule has 227 valence electrons. The molecule has 0 spiro atoms. The Morgan fingerprint density at radius 3 is 1.11 bits per heavy atom. The fourth-order valence-corrected chi connectivity index (χ4v) is 2.61. The Labute approximate surface area is 304 Å². The summed E-state index contributed by atoms with van der Waals surface area (Å²) in [7, 11) is 0.628. The third-order valence-corrected chi connectivity index (χ3v) is 4.93. The third-order valence-electron chi connectivity index (χ3n) is 4.93. The number of rotatable bonds is 12. The van der Waals surface area contributed by atoms with E-state index in [1.165, 1.54) is 6.42 Å². The van der Waals surface area contributed by atoms with Gasteiger partial charge < -0.3 is 25.5 Å². The molecule has 0 aliphatic rings. The van der Waals surface area contributed by atoms with Gasteiger partial charge in [0.2, 0.25) is 0 Å². The molecule has 0 fully saturated rings. The van der Waals surface area contributed by atoms with Gasteiger partial charge in [-0.1, -0.05) is 83.9 Å². The van der Waals surface area contributed by atoms with Crippen molar-refractivity contribution >= 4 is 122 Å². The first-order valence-electron chi connectivity index (χ1n) is 12.2. The van der Waals surface area contributed by atoms with Gasteiger partial charge in [0.05, 0.1) is 24.4 Å². The minimum atomic E-state index is -0.523. The van der Waals surface area contributed by atoms with Crippen LogP contribution in [0.5, 0.6) is 0 Å². The fraction of sp³-hybridized carbons (Fsp3) is 1.00. The molecule has 0 aliphatic heterocycles. The fourth-order valence-electron chi connectivity index (χ4n) is 2.61. The van der Waals surface area contributed by atoms with Crippen LogP contribution in [0.3, 0.4) is 0 Å². The van der Waals surface area contributed by atoms with Crippen LogP contribution in [0.2, 0.25) is 0 Å². The zero-order valence-corrected chi connectivity index (χ0v) is 39.0. The van der Waals surface area contributed by atoms with Crippen molar-refractivity contribution in [2.45, 2.75) is 124 Å². The zero-order valence-electron chi connectivity index (χ0n) is 23.2. The van der Waals surface area contributed by atoms with Crippen molar-refractivity contribution in [2.24, 2.45) is 11.8 Å².